The third kappa shape index (κ3) is 5.11. The number of nitrogens with zero attached hydrogens (tertiary/aromatic N) is 2. The molecule has 1 unspecified atom stereocenters. The van der Waals surface area contributed by atoms with E-state index in [-0.39, 0.29) is 0 Å². The molecule has 0 saturated heterocycles. The molecule has 0 aromatic rings. The van der Waals surface area contributed by atoms with Crippen molar-refractivity contribution in [3.8, 4) is 0 Å². The fraction of sp³-hybridized carbons (Fsp3) is 0.900. The van der Waals surface area contributed by atoms with Gasteiger partial charge >= 0.3 is 5.97 Å². The van der Waals surface area contributed by atoms with Gasteiger partial charge in [-0.05, 0) is 35.1 Å². The summed E-state index contributed by atoms with van der Waals surface area (Å²) in [6, 6.07) is 0. The summed E-state index contributed by atoms with van der Waals surface area (Å²) in [7, 11) is 7.61. The molecule has 0 rings (SSSR count). The second kappa shape index (κ2) is 6.05. The van der Waals surface area contributed by atoms with E-state index in [1.807, 2.05) is 26.0 Å². The Labute approximate surface area is 92.0 Å². The van der Waals surface area contributed by atoms with Gasteiger partial charge in [-0.2, -0.15) is 0 Å². The molecule has 0 aromatic heterocycles. The minimum absolute atomic E-state index is 0.493. The number of hydrogen-bond acceptors (Lipinski definition) is 4. The molecule has 5 heteroatoms. The summed E-state index contributed by atoms with van der Waals surface area (Å²) >= 11 is 0. The highest BCUT2D eigenvalue weighted by atomic mass is 16.4. The van der Waals surface area contributed by atoms with E-state index in [4.69, 9.17) is 5.11 Å². The van der Waals surface area contributed by atoms with Crippen molar-refractivity contribution in [2.24, 2.45) is 0 Å². The summed E-state index contributed by atoms with van der Waals surface area (Å²) in [4.78, 5) is 15.1. The van der Waals surface area contributed by atoms with Crippen LogP contribution in [0.1, 0.15) is 6.92 Å². The van der Waals surface area contributed by atoms with E-state index < -0.39 is 11.5 Å². The van der Waals surface area contributed by atoms with Crippen molar-refractivity contribution in [2.45, 2.75) is 12.5 Å². The molecule has 0 aliphatic rings. The van der Waals surface area contributed by atoms with Crippen molar-refractivity contribution in [1.82, 2.24) is 15.1 Å². The zero-order chi connectivity index (χ0) is 12.1. The van der Waals surface area contributed by atoms with Crippen LogP contribution in [-0.4, -0.2) is 74.2 Å². The summed E-state index contributed by atoms with van der Waals surface area (Å²) in [5.41, 5.74) is -0.874. The van der Waals surface area contributed by atoms with Gasteiger partial charge in [0.15, 0.2) is 0 Å². The smallest absolute Gasteiger partial charge is 0.324 e. The zero-order valence-electron chi connectivity index (χ0n) is 10.4. The summed E-state index contributed by atoms with van der Waals surface area (Å²) in [5, 5.41) is 11.9. The molecule has 2 N–H and O–H groups in total. The number of nitrogens with one attached hydrogen (secondary N) is 1. The van der Waals surface area contributed by atoms with Gasteiger partial charge < -0.3 is 20.2 Å². The predicted octanol–water partition coefficient (Wildman–Crippen LogP) is -0.457. The maximum absolute atomic E-state index is 11.0. The third-order valence-electron chi connectivity index (χ3n) is 2.54. The highest BCUT2D eigenvalue weighted by Gasteiger charge is 2.32. The Morgan fingerprint density at radius 3 is 2.20 bits per heavy atom. The van der Waals surface area contributed by atoms with E-state index in [1.165, 1.54) is 0 Å². The molecular weight excluding hydrogens is 194 g/mol. The number of carbonyl (C=O) groups is 1. The van der Waals surface area contributed by atoms with E-state index in [0.717, 1.165) is 13.1 Å². The van der Waals surface area contributed by atoms with Gasteiger partial charge in [0.25, 0.3) is 0 Å². The van der Waals surface area contributed by atoms with Gasteiger partial charge in [0, 0.05) is 19.6 Å². The number of carboxylic acid groups (broad SMARTS) is 1. The van der Waals surface area contributed by atoms with Gasteiger partial charge in [-0.3, -0.25) is 4.79 Å². The molecule has 0 amide bonds. The first-order valence-electron chi connectivity index (χ1n) is 5.07. The van der Waals surface area contributed by atoms with Crippen LogP contribution in [0.4, 0.5) is 0 Å². The number of carboxylic acids is 1. The number of hydrogen-bond donors (Lipinski definition) is 2. The van der Waals surface area contributed by atoms with Crippen molar-refractivity contribution >= 4 is 5.97 Å². The SMILES string of the molecule is CNC(C)(CN(C)CCN(C)C)C(=O)O. The normalized spacial score (nSPS) is 15.7. The third-order valence-corrected chi connectivity index (χ3v) is 2.54. The van der Waals surface area contributed by atoms with E-state index in [9.17, 15) is 4.79 Å². The van der Waals surface area contributed by atoms with Crippen molar-refractivity contribution in [2.75, 3.05) is 47.8 Å². The summed E-state index contributed by atoms with van der Waals surface area (Å²) in [6.07, 6.45) is 0. The molecule has 0 aromatic carbocycles. The number of aliphatic carboxylic acids is 1. The van der Waals surface area contributed by atoms with Gasteiger partial charge in [-0.25, -0.2) is 0 Å². The topological polar surface area (TPSA) is 55.8 Å². The lowest BCUT2D eigenvalue weighted by Gasteiger charge is -2.30. The van der Waals surface area contributed by atoms with Gasteiger partial charge in [0.05, 0.1) is 0 Å². The first kappa shape index (κ1) is 14.3. The van der Waals surface area contributed by atoms with E-state index in [0.29, 0.717) is 6.54 Å². The molecule has 90 valence electrons. The van der Waals surface area contributed by atoms with E-state index in [1.54, 1.807) is 14.0 Å². The highest BCUT2D eigenvalue weighted by molar-refractivity contribution is 5.78. The maximum atomic E-state index is 11.0. The predicted molar refractivity (Wildman–Crippen MR) is 61.2 cm³/mol. The Morgan fingerprint density at radius 2 is 1.87 bits per heavy atom. The van der Waals surface area contributed by atoms with Crippen LogP contribution in [0.25, 0.3) is 0 Å². The lowest BCUT2D eigenvalue weighted by molar-refractivity contribution is -0.144. The Hall–Kier alpha value is -0.650. The average Bonchev–Trinajstić information content (AvgIpc) is 2.14. The van der Waals surface area contributed by atoms with Crippen LogP contribution in [0.2, 0.25) is 0 Å². The quantitative estimate of drug-likeness (QED) is 0.604. The molecule has 1 atom stereocenters. The standard InChI is InChI=1S/C10H23N3O2/c1-10(11-2,9(14)15)8-13(5)7-6-12(3)4/h11H,6-8H2,1-5H3,(H,14,15). The van der Waals surface area contributed by atoms with Crippen molar-refractivity contribution in [1.29, 1.82) is 0 Å². The lowest BCUT2D eigenvalue weighted by atomic mass is 10.0. The number of rotatable bonds is 7. The van der Waals surface area contributed by atoms with Crippen molar-refractivity contribution in [3.05, 3.63) is 0 Å². The second-order valence-corrected chi connectivity index (χ2v) is 4.43. The largest absolute Gasteiger partial charge is 0.480 e. The van der Waals surface area contributed by atoms with Gasteiger partial charge in [-0.15, -0.1) is 0 Å². The molecule has 15 heavy (non-hydrogen) atoms. The van der Waals surface area contributed by atoms with Crippen molar-refractivity contribution in [3.63, 3.8) is 0 Å². The summed E-state index contributed by atoms with van der Waals surface area (Å²) in [5.74, 6) is -0.818. The molecule has 5 nitrogen and oxygen atoms in total. The molecule has 0 radical (unpaired) electrons. The van der Waals surface area contributed by atoms with Crippen LogP contribution in [-0.2, 0) is 4.79 Å². The minimum atomic E-state index is -0.874. The van der Waals surface area contributed by atoms with Gasteiger partial charge in [0.2, 0.25) is 0 Å². The molecule has 0 spiro atoms. The van der Waals surface area contributed by atoms with Crippen LogP contribution >= 0.6 is 0 Å². The molecule has 0 saturated carbocycles. The highest BCUT2D eigenvalue weighted by Crippen LogP contribution is 2.05. The van der Waals surface area contributed by atoms with Gasteiger partial charge in [-0.1, -0.05) is 0 Å². The molecule has 0 aliphatic heterocycles. The van der Waals surface area contributed by atoms with Crippen LogP contribution in [0, 0.1) is 0 Å². The van der Waals surface area contributed by atoms with Crippen molar-refractivity contribution < 1.29 is 9.90 Å². The molecule has 0 heterocycles. The molecule has 0 bridgehead atoms. The fourth-order valence-corrected chi connectivity index (χ4v) is 1.24. The van der Waals surface area contributed by atoms with Crippen LogP contribution in [0.3, 0.4) is 0 Å². The van der Waals surface area contributed by atoms with E-state index in [2.05, 4.69) is 10.2 Å². The Morgan fingerprint density at radius 1 is 1.33 bits per heavy atom. The maximum Gasteiger partial charge on any atom is 0.324 e. The van der Waals surface area contributed by atoms with Crippen LogP contribution < -0.4 is 5.32 Å². The Balaban J connectivity index is 4.13. The average molecular weight is 217 g/mol. The van der Waals surface area contributed by atoms with E-state index >= 15 is 0 Å². The van der Waals surface area contributed by atoms with Gasteiger partial charge in [0.1, 0.15) is 5.54 Å². The van der Waals surface area contributed by atoms with Crippen LogP contribution in [0.5, 0.6) is 0 Å². The molecule has 0 fully saturated rings. The lowest BCUT2D eigenvalue weighted by Crippen LogP contribution is -2.55. The monoisotopic (exact) mass is 217 g/mol. The minimum Gasteiger partial charge on any atom is -0.480 e. The fourth-order valence-electron chi connectivity index (χ4n) is 1.24. The Kier molecular flexibility index (Phi) is 5.79. The molecular formula is C10H23N3O2. The zero-order valence-corrected chi connectivity index (χ0v) is 10.4. The summed E-state index contributed by atoms with van der Waals surface area (Å²) in [6.45, 7) is 3.97. The number of likely N-dealkylation sites (N-methyl/N-ethyl adjacent to an activating group) is 3. The molecule has 0 aliphatic carbocycles. The Bertz CT molecular complexity index is 209. The second-order valence-electron chi connectivity index (χ2n) is 4.43. The summed E-state index contributed by atoms with van der Waals surface area (Å²) < 4.78 is 0. The first-order valence-corrected chi connectivity index (χ1v) is 5.07. The van der Waals surface area contributed by atoms with Crippen LogP contribution in [0.15, 0.2) is 0 Å². The first-order chi connectivity index (χ1) is 6.81.